The van der Waals surface area contributed by atoms with E-state index >= 15 is 0 Å². The third-order valence-electron chi connectivity index (χ3n) is 4.95. The number of halogens is 1. The predicted molar refractivity (Wildman–Crippen MR) is 125 cm³/mol. The van der Waals surface area contributed by atoms with E-state index in [2.05, 4.69) is 26.1 Å². The zero-order valence-corrected chi connectivity index (χ0v) is 18.2. The molecule has 0 saturated heterocycles. The maximum Gasteiger partial charge on any atom is 0.271 e. The number of aromatic nitrogens is 1. The molecule has 5 rings (SSSR count). The topological polar surface area (TPSA) is 46.7 Å². The van der Waals surface area contributed by atoms with E-state index in [1.54, 1.807) is 4.57 Å². The van der Waals surface area contributed by atoms with Crippen molar-refractivity contribution in [2.24, 2.45) is 10.2 Å². The number of fused-ring (bicyclic) bond motifs is 1. The van der Waals surface area contributed by atoms with Crippen LogP contribution in [-0.4, -0.2) is 10.3 Å². The minimum atomic E-state index is -0.322. The van der Waals surface area contributed by atoms with Gasteiger partial charge in [-0.05, 0) is 29.3 Å². The summed E-state index contributed by atoms with van der Waals surface area (Å²) in [5.41, 5.74) is 3.64. The highest BCUT2D eigenvalue weighted by Gasteiger charge is 2.28. The minimum absolute atomic E-state index is 0.0566. The molecule has 1 aliphatic rings. The number of hydrogen-bond acceptors (Lipinski definition) is 4. The van der Waals surface area contributed by atoms with Crippen molar-refractivity contribution in [1.29, 1.82) is 0 Å². The Morgan fingerprint density at radius 1 is 0.867 bits per heavy atom. The fourth-order valence-corrected chi connectivity index (χ4v) is 4.75. The number of nitrogens with zero attached hydrogens (tertiary/aromatic N) is 3. The number of hydrogen-bond donors (Lipinski definition) is 0. The maximum absolute atomic E-state index is 13.5. The number of benzene rings is 3. The molecule has 1 unspecified atom stereocenters. The average Bonchev–Trinajstić information content (AvgIpc) is 3.11. The van der Waals surface area contributed by atoms with Crippen LogP contribution in [0.25, 0.3) is 6.08 Å². The summed E-state index contributed by atoms with van der Waals surface area (Å²) in [6, 6.07) is 27.5. The highest BCUT2D eigenvalue weighted by Crippen LogP contribution is 2.24. The monoisotopic (exact) mass is 473 g/mol. The van der Waals surface area contributed by atoms with Gasteiger partial charge in [0, 0.05) is 10.0 Å². The van der Waals surface area contributed by atoms with Gasteiger partial charge in [-0.2, -0.15) is 0 Å². The van der Waals surface area contributed by atoms with E-state index < -0.39 is 0 Å². The van der Waals surface area contributed by atoms with E-state index in [9.17, 15) is 4.79 Å². The zero-order chi connectivity index (χ0) is 20.5. The molecule has 30 heavy (non-hydrogen) atoms. The van der Waals surface area contributed by atoms with Gasteiger partial charge in [-0.1, -0.05) is 100 Å². The van der Waals surface area contributed by atoms with Crippen LogP contribution in [0.3, 0.4) is 0 Å². The Hall–Kier alpha value is -3.09. The smallest absolute Gasteiger partial charge is 0.268 e. The molecule has 0 amide bonds. The lowest BCUT2D eigenvalue weighted by atomic mass is 9.96. The fraction of sp³-hybridized carbons (Fsp3) is 0.0417. The van der Waals surface area contributed by atoms with Crippen molar-refractivity contribution in [3.05, 3.63) is 126 Å². The van der Waals surface area contributed by atoms with E-state index in [1.165, 1.54) is 11.3 Å². The summed E-state index contributed by atoms with van der Waals surface area (Å²) in [5.74, 6) is 0. The third kappa shape index (κ3) is 3.49. The predicted octanol–water partition coefficient (Wildman–Crippen LogP) is 4.13. The van der Waals surface area contributed by atoms with Gasteiger partial charge in [0.25, 0.3) is 5.56 Å². The summed E-state index contributed by atoms with van der Waals surface area (Å²) in [6.07, 6.45) is 1.91. The second kappa shape index (κ2) is 7.97. The standard InChI is InChI=1S/C24H16BrN3OS/c25-19-13-11-16(12-14-19)15-20-23(29)28-22(18-9-5-2-6-10-18)21(26-27-24(28)30-20)17-7-3-1-4-8-17/h1-15,22H/b20-15+. The van der Waals surface area contributed by atoms with Crippen molar-refractivity contribution >= 4 is 39.1 Å². The molecule has 0 bridgehead atoms. The second-order valence-corrected chi connectivity index (χ2v) is 8.81. The Balaban J connectivity index is 1.72. The number of rotatable bonds is 3. The maximum atomic E-state index is 13.5. The molecule has 0 aliphatic carbocycles. The molecule has 1 atom stereocenters. The van der Waals surface area contributed by atoms with Crippen LogP contribution in [0.2, 0.25) is 0 Å². The average molecular weight is 474 g/mol. The van der Waals surface area contributed by atoms with Gasteiger partial charge in [-0.3, -0.25) is 9.36 Å². The van der Waals surface area contributed by atoms with Gasteiger partial charge in [-0.15, -0.1) is 10.2 Å². The molecular weight excluding hydrogens is 458 g/mol. The van der Waals surface area contributed by atoms with Gasteiger partial charge in [0.2, 0.25) is 4.80 Å². The molecule has 146 valence electrons. The van der Waals surface area contributed by atoms with Crippen molar-refractivity contribution in [2.75, 3.05) is 0 Å². The Morgan fingerprint density at radius 3 is 2.23 bits per heavy atom. The van der Waals surface area contributed by atoms with Gasteiger partial charge >= 0.3 is 0 Å². The van der Waals surface area contributed by atoms with Gasteiger partial charge in [0.05, 0.1) is 10.2 Å². The molecule has 0 N–H and O–H groups in total. The summed E-state index contributed by atoms with van der Waals surface area (Å²) in [5, 5.41) is 8.95. The lowest BCUT2D eigenvalue weighted by Gasteiger charge is -2.22. The van der Waals surface area contributed by atoms with E-state index in [0.717, 1.165) is 26.9 Å². The first-order chi connectivity index (χ1) is 14.7. The van der Waals surface area contributed by atoms with Crippen molar-refractivity contribution in [2.45, 2.75) is 6.04 Å². The fourth-order valence-electron chi connectivity index (χ4n) is 3.54. The van der Waals surface area contributed by atoms with Crippen LogP contribution >= 0.6 is 27.3 Å². The van der Waals surface area contributed by atoms with Gasteiger partial charge in [0.1, 0.15) is 6.04 Å². The van der Waals surface area contributed by atoms with E-state index in [0.29, 0.717) is 9.33 Å². The first kappa shape index (κ1) is 18.9. The van der Waals surface area contributed by atoms with Gasteiger partial charge < -0.3 is 0 Å². The van der Waals surface area contributed by atoms with Crippen molar-refractivity contribution in [3.8, 4) is 0 Å². The van der Waals surface area contributed by atoms with E-state index in [-0.39, 0.29) is 11.6 Å². The number of thiazole rings is 1. The van der Waals surface area contributed by atoms with Crippen LogP contribution in [0.5, 0.6) is 0 Å². The molecule has 0 radical (unpaired) electrons. The molecule has 6 heteroatoms. The van der Waals surface area contributed by atoms with Crippen LogP contribution in [-0.2, 0) is 0 Å². The van der Waals surface area contributed by atoms with Crippen LogP contribution in [0.4, 0.5) is 0 Å². The van der Waals surface area contributed by atoms with Crippen LogP contribution in [0.1, 0.15) is 22.7 Å². The summed E-state index contributed by atoms with van der Waals surface area (Å²) in [7, 11) is 0. The van der Waals surface area contributed by atoms with E-state index in [4.69, 9.17) is 0 Å². The Labute approximate surface area is 185 Å². The first-order valence-electron chi connectivity index (χ1n) is 9.45. The molecule has 4 aromatic rings. The molecule has 3 aromatic carbocycles. The molecule has 4 nitrogen and oxygen atoms in total. The van der Waals surface area contributed by atoms with Crippen molar-refractivity contribution in [1.82, 2.24) is 4.57 Å². The Kier molecular flexibility index (Phi) is 5.02. The van der Waals surface area contributed by atoms with Crippen LogP contribution in [0, 0.1) is 0 Å². The minimum Gasteiger partial charge on any atom is -0.268 e. The molecular formula is C24H16BrN3OS. The third-order valence-corrected chi connectivity index (χ3v) is 6.45. The lowest BCUT2D eigenvalue weighted by molar-refractivity contribution is 0.657. The molecule has 0 saturated carbocycles. The largest absolute Gasteiger partial charge is 0.271 e. The van der Waals surface area contributed by atoms with Crippen LogP contribution in [0.15, 0.2) is 104 Å². The second-order valence-electron chi connectivity index (χ2n) is 6.88. The summed E-state index contributed by atoms with van der Waals surface area (Å²) in [4.78, 5) is 14.1. The van der Waals surface area contributed by atoms with E-state index in [1.807, 2.05) is 91.0 Å². The lowest BCUT2D eigenvalue weighted by Crippen LogP contribution is -2.40. The Morgan fingerprint density at radius 2 is 1.53 bits per heavy atom. The molecule has 0 fully saturated rings. The molecule has 1 aromatic heterocycles. The SMILES string of the molecule is O=c1/c(=C\c2ccc(Br)cc2)sc2n1C(c1ccccc1)C(c1ccccc1)=NN=2. The van der Waals surface area contributed by atoms with Gasteiger partial charge in [0.15, 0.2) is 0 Å². The molecule has 1 aliphatic heterocycles. The quantitative estimate of drug-likeness (QED) is 0.441. The normalized spacial score (nSPS) is 16.0. The highest BCUT2D eigenvalue weighted by atomic mass is 79.9. The highest BCUT2D eigenvalue weighted by molar-refractivity contribution is 9.10. The molecule has 0 spiro atoms. The van der Waals surface area contributed by atoms with Crippen molar-refractivity contribution in [3.63, 3.8) is 0 Å². The summed E-state index contributed by atoms with van der Waals surface area (Å²) in [6.45, 7) is 0. The first-order valence-corrected chi connectivity index (χ1v) is 11.1. The zero-order valence-electron chi connectivity index (χ0n) is 15.8. The summed E-state index contributed by atoms with van der Waals surface area (Å²) >= 11 is 4.81. The summed E-state index contributed by atoms with van der Waals surface area (Å²) < 4.78 is 3.41. The van der Waals surface area contributed by atoms with Gasteiger partial charge in [-0.25, -0.2) is 0 Å². The Bertz CT molecular complexity index is 1410. The van der Waals surface area contributed by atoms with Crippen molar-refractivity contribution < 1.29 is 0 Å². The molecule has 2 heterocycles. The van der Waals surface area contributed by atoms with Crippen LogP contribution < -0.4 is 14.9 Å².